The van der Waals surface area contributed by atoms with E-state index in [1.54, 1.807) is 30.7 Å². The second-order valence-electron chi connectivity index (χ2n) is 9.59. The number of rotatable bonds is 6. The Morgan fingerprint density at radius 1 is 0.917 bits per heavy atom. The largest absolute Gasteiger partial charge is 0.489 e. The Labute approximate surface area is 209 Å². The summed E-state index contributed by atoms with van der Waals surface area (Å²) in [4.78, 5) is 4.50. The van der Waals surface area contributed by atoms with Crippen molar-refractivity contribution in [2.24, 2.45) is 0 Å². The molecule has 0 saturated heterocycles. The van der Waals surface area contributed by atoms with Gasteiger partial charge in [0.15, 0.2) is 0 Å². The van der Waals surface area contributed by atoms with E-state index in [1.807, 2.05) is 63.2 Å². The molecular weight excluding hydrogens is 465 g/mol. The Morgan fingerprint density at radius 3 is 2.17 bits per heavy atom. The van der Waals surface area contributed by atoms with Crippen molar-refractivity contribution in [1.29, 1.82) is 0 Å². The van der Waals surface area contributed by atoms with Gasteiger partial charge in [-0.15, -0.1) is 0 Å². The van der Waals surface area contributed by atoms with Gasteiger partial charge in [-0.3, -0.25) is 4.57 Å². The van der Waals surface area contributed by atoms with Gasteiger partial charge < -0.3 is 9.84 Å². The maximum absolute atomic E-state index is 14.0. The molecule has 0 aliphatic carbocycles. The number of aliphatic hydroxyl groups is 1. The molecule has 0 radical (unpaired) electrons. The lowest BCUT2D eigenvalue weighted by molar-refractivity contribution is -0.137. The summed E-state index contributed by atoms with van der Waals surface area (Å²) in [5.41, 5.74) is 1.44. The SMILES string of the molecule is Cc1ccccc1-c1ccc(OC(C)C)c(-n2cc(C(C)(C)O)nc2-c2ccccc2C(F)(F)F)c1. The number of aryl methyl sites for hydroxylation is 1. The van der Waals surface area contributed by atoms with E-state index in [1.165, 1.54) is 12.1 Å². The van der Waals surface area contributed by atoms with E-state index in [-0.39, 0.29) is 23.2 Å². The summed E-state index contributed by atoms with van der Waals surface area (Å²) in [6.45, 7) is 8.87. The average Bonchev–Trinajstić information content (AvgIpc) is 3.25. The molecule has 36 heavy (non-hydrogen) atoms. The standard InChI is InChI=1S/C29H29F3N2O2/c1-18(2)36-25-15-14-20(21-11-7-6-10-19(21)3)16-24(25)34-17-26(28(4,5)35)33-27(34)22-12-8-9-13-23(22)29(30,31)32/h6-18,35H,1-5H3. The molecule has 4 rings (SSSR count). The van der Waals surface area contributed by atoms with Crippen molar-refractivity contribution in [2.45, 2.75) is 52.5 Å². The zero-order chi connectivity index (χ0) is 26.3. The van der Waals surface area contributed by atoms with Crippen LogP contribution in [0.1, 0.15) is 44.5 Å². The van der Waals surface area contributed by atoms with Crippen molar-refractivity contribution in [1.82, 2.24) is 9.55 Å². The normalized spacial score (nSPS) is 12.3. The molecule has 0 amide bonds. The number of alkyl halides is 3. The quantitative estimate of drug-likeness (QED) is 0.301. The molecule has 188 valence electrons. The fourth-order valence-corrected chi connectivity index (χ4v) is 4.10. The molecule has 0 fully saturated rings. The lowest BCUT2D eigenvalue weighted by Crippen LogP contribution is -2.16. The number of halogens is 3. The molecule has 3 aromatic carbocycles. The summed E-state index contributed by atoms with van der Waals surface area (Å²) in [7, 11) is 0. The third kappa shape index (κ3) is 5.16. The van der Waals surface area contributed by atoms with Crippen molar-refractivity contribution in [3.8, 4) is 34.0 Å². The first-order valence-corrected chi connectivity index (χ1v) is 11.7. The predicted molar refractivity (Wildman–Crippen MR) is 135 cm³/mol. The highest BCUT2D eigenvalue weighted by molar-refractivity contribution is 5.73. The second kappa shape index (κ2) is 9.47. The van der Waals surface area contributed by atoms with Gasteiger partial charge in [-0.2, -0.15) is 13.2 Å². The number of hydrogen-bond acceptors (Lipinski definition) is 3. The Hall–Kier alpha value is -3.58. The van der Waals surface area contributed by atoms with Crippen LogP contribution >= 0.6 is 0 Å². The summed E-state index contributed by atoms with van der Waals surface area (Å²) < 4.78 is 49.6. The first-order chi connectivity index (χ1) is 16.9. The number of hydrogen-bond donors (Lipinski definition) is 1. The Bertz CT molecular complexity index is 1380. The van der Waals surface area contributed by atoms with Gasteiger partial charge >= 0.3 is 6.18 Å². The predicted octanol–water partition coefficient (Wildman–Crippen LogP) is 7.55. The van der Waals surface area contributed by atoms with E-state index < -0.39 is 17.3 Å². The number of aromatic nitrogens is 2. The van der Waals surface area contributed by atoms with Crippen LogP contribution in [0.3, 0.4) is 0 Å². The van der Waals surface area contributed by atoms with Crippen LogP contribution in [-0.2, 0) is 11.8 Å². The Balaban J connectivity index is 2.04. The maximum atomic E-state index is 14.0. The van der Waals surface area contributed by atoms with E-state index in [0.29, 0.717) is 11.4 Å². The lowest BCUT2D eigenvalue weighted by Gasteiger charge is -2.19. The highest BCUT2D eigenvalue weighted by Crippen LogP contribution is 2.40. The number of imidazole rings is 1. The summed E-state index contributed by atoms with van der Waals surface area (Å²) in [6, 6.07) is 18.8. The summed E-state index contributed by atoms with van der Waals surface area (Å²) >= 11 is 0. The van der Waals surface area contributed by atoms with Crippen LogP contribution in [0.5, 0.6) is 5.75 Å². The van der Waals surface area contributed by atoms with Gasteiger partial charge in [-0.25, -0.2) is 4.98 Å². The highest BCUT2D eigenvalue weighted by Gasteiger charge is 2.35. The van der Waals surface area contributed by atoms with Gasteiger partial charge in [0, 0.05) is 11.8 Å². The molecule has 0 spiro atoms. The molecule has 0 unspecified atom stereocenters. The van der Waals surface area contributed by atoms with Crippen molar-refractivity contribution in [3.63, 3.8) is 0 Å². The van der Waals surface area contributed by atoms with Gasteiger partial charge in [0.25, 0.3) is 0 Å². The Kier molecular flexibility index (Phi) is 6.71. The Morgan fingerprint density at radius 2 is 1.56 bits per heavy atom. The molecule has 0 aliphatic rings. The molecule has 1 heterocycles. The van der Waals surface area contributed by atoms with Crippen molar-refractivity contribution in [3.05, 3.63) is 89.7 Å². The van der Waals surface area contributed by atoms with Crippen LogP contribution in [0, 0.1) is 6.92 Å². The molecule has 7 heteroatoms. The summed E-state index contributed by atoms with van der Waals surface area (Å²) in [5, 5.41) is 10.7. The first kappa shape index (κ1) is 25.5. The molecular formula is C29H29F3N2O2. The molecule has 0 saturated carbocycles. The van der Waals surface area contributed by atoms with Crippen LogP contribution in [0.25, 0.3) is 28.2 Å². The zero-order valence-corrected chi connectivity index (χ0v) is 20.9. The minimum Gasteiger partial charge on any atom is -0.489 e. The van der Waals surface area contributed by atoms with Crippen LogP contribution in [0.4, 0.5) is 13.2 Å². The molecule has 4 aromatic rings. The van der Waals surface area contributed by atoms with E-state index in [2.05, 4.69) is 4.98 Å². The molecule has 0 aliphatic heterocycles. The van der Waals surface area contributed by atoms with Gasteiger partial charge in [0.2, 0.25) is 0 Å². The van der Waals surface area contributed by atoms with E-state index in [0.717, 1.165) is 22.8 Å². The summed E-state index contributed by atoms with van der Waals surface area (Å²) in [6.07, 6.45) is -3.17. The van der Waals surface area contributed by atoms with E-state index in [9.17, 15) is 18.3 Å². The van der Waals surface area contributed by atoms with Crippen molar-refractivity contribution < 1.29 is 23.0 Å². The molecule has 1 N–H and O–H groups in total. The number of nitrogens with zero attached hydrogens (tertiary/aromatic N) is 2. The van der Waals surface area contributed by atoms with Gasteiger partial charge in [0.1, 0.15) is 17.2 Å². The minimum atomic E-state index is -4.58. The lowest BCUT2D eigenvalue weighted by atomic mass is 9.99. The zero-order valence-electron chi connectivity index (χ0n) is 20.9. The smallest absolute Gasteiger partial charge is 0.417 e. The van der Waals surface area contributed by atoms with Crippen molar-refractivity contribution >= 4 is 0 Å². The minimum absolute atomic E-state index is 0.0654. The molecule has 1 aromatic heterocycles. The van der Waals surface area contributed by atoms with E-state index in [4.69, 9.17) is 4.74 Å². The van der Waals surface area contributed by atoms with Crippen LogP contribution in [-0.4, -0.2) is 20.8 Å². The fourth-order valence-electron chi connectivity index (χ4n) is 4.10. The van der Waals surface area contributed by atoms with Gasteiger partial charge in [0.05, 0.1) is 23.0 Å². The highest BCUT2D eigenvalue weighted by atomic mass is 19.4. The topological polar surface area (TPSA) is 47.3 Å². The van der Waals surface area contributed by atoms with Crippen LogP contribution in [0.15, 0.2) is 72.9 Å². The van der Waals surface area contributed by atoms with Crippen LogP contribution < -0.4 is 4.74 Å². The monoisotopic (exact) mass is 494 g/mol. The van der Waals surface area contributed by atoms with Crippen LogP contribution in [0.2, 0.25) is 0 Å². The molecule has 0 bridgehead atoms. The third-order valence-electron chi connectivity index (χ3n) is 5.84. The average molecular weight is 495 g/mol. The van der Waals surface area contributed by atoms with Gasteiger partial charge in [-0.05, 0) is 69.5 Å². The second-order valence-corrected chi connectivity index (χ2v) is 9.59. The number of benzene rings is 3. The number of ether oxygens (including phenoxy) is 1. The van der Waals surface area contributed by atoms with Crippen molar-refractivity contribution in [2.75, 3.05) is 0 Å². The maximum Gasteiger partial charge on any atom is 0.417 e. The van der Waals surface area contributed by atoms with E-state index >= 15 is 0 Å². The summed E-state index contributed by atoms with van der Waals surface area (Å²) in [5.74, 6) is 0.559. The van der Waals surface area contributed by atoms with Gasteiger partial charge in [-0.1, -0.05) is 48.5 Å². The first-order valence-electron chi connectivity index (χ1n) is 11.7. The third-order valence-corrected chi connectivity index (χ3v) is 5.84. The fraction of sp³-hybridized carbons (Fsp3) is 0.276. The molecule has 0 atom stereocenters. The molecule has 4 nitrogen and oxygen atoms in total.